The van der Waals surface area contributed by atoms with E-state index in [1.807, 2.05) is 22.9 Å². The van der Waals surface area contributed by atoms with Crippen LogP contribution in [0.3, 0.4) is 0 Å². The minimum absolute atomic E-state index is 0.267. The maximum atomic E-state index is 12.5. The van der Waals surface area contributed by atoms with Gasteiger partial charge in [-0.05, 0) is 103 Å². The van der Waals surface area contributed by atoms with E-state index in [0.29, 0.717) is 12.5 Å². The second-order valence-electron chi connectivity index (χ2n) is 9.41. The summed E-state index contributed by atoms with van der Waals surface area (Å²) in [6, 6.07) is 12.2. The molecule has 6 rings (SSSR count). The van der Waals surface area contributed by atoms with Crippen molar-refractivity contribution >= 4 is 0 Å². The first kappa shape index (κ1) is 20.9. The highest BCUT2D eigenvalue weighted by Crippen LogP contribution is 2.43. The number of tetrazole rings is 1. The van der Waals surface area contributed by atoms with Crippen LogP contribution in [0.15, 0.2) is 47.4 Å². The summed E-state index contributed by atoms with van der Waals surface area (Å²) in [5, 5.41) is 12.8. The summed E-state index contributed by atoms with van der Waals surface area (Å²) >= 11 is 0. The van der Waals surface area contributed by atoms with Gasteiger partial charge in [-0.25, -0.2) is 9.48 Å². The largest absolute Gasteiger partial charge is 0.489 e. The van der Waals surface area contributed by atoms with Crippen LogP contribution in [0, 0.1) is 6.92 Å². The first-order valence-electron chi connectivity index (χ1n) is 12.0. The fourth-order valence-corrected chi connectivity index (χ4v) is 4.88. The molecule has 2 aliphatic rings. The van der Waals surface area contributed by atoms with Gasteiger partial charge < -0.3 is 4.74 Å². The van der Waals surface area contributed by atoms with E-state index < -0.39 is 0 Å². The molecule has 0 radical (unpaired) electrons. The van der Waals surface area contributed by atoms with Crippen molar-refractivity contribution in [3.63, 3.8) is 0 Å². The lowest BCUT2D eigenvalue weighted by Gasteiger charge is -2.16. The minimum Gasteiger partial charge on any atom is -0.489 e. The van der Waals surface area contributed by atoms with Gasteiger partial charge in [-0.15, -0.1) is 0 Å². The minimum atomic E-state index is -0.267. The molecule has 0 N–H and O–H groups in total. The van der Waals surface area contributed by atoms with Gasteiger partial charge in [-0.3, -0.25) is 0 Å². The van der Waals surface area contributed by atoms with Crippen molar-refractivity contribution in [2.75, 3.05) is 0 Å². The van der Waals surface area contributed by atoms with E-state index in [4.69, 9.17) is 9.84 Å². The molecule has 0 amide bonds. The smallest absolute Gasteiger partial charge is 0.368 e. The van der Waals surface area contributed by atoms with Gasteiger partial charge in [0.25, 0.3) is 0 Å². The number of hydrogen-bond acceptors (Lipinski definition) is 5. The summed E-state index contributed by atoms with van der Waals surface area (Å²) in [6.45, 7) is 2.42. The van der Waals surface area contributed by atoms with Crippen LogP contribution in [0.1, 0.15) is 59.5 Å². The van der Waals surface area contributed by atoms with Crippen LogP contribution in [0.25, 0.3) is 11.4 Å². The molecule has 1 saturated carbocycles. The highest BCUT2D eigenvalue weighted by molar-refractivity contribution is 5.49. The average molecular weight is 457 g/mol. The van der Waals surface area contributed by atoms with Crippen molar-refractivity contribution in [1.82, 2.24) is 29.6 Å². The van der Waals surface area contributed by atoms with Gasteiger partial charge >= 0.3 is 5.69 Å². The van der Waals surface area contributed by atoms with Crippen molar-refractivity contribution in [3.05, 3.63) is 81.0 Å². The number of fused-ring (bicyclic) bond motifs is 1. The zero-order valence-corrected chi connectivity index (χ0v) is 19.6. The molecular formula is C26H28N6O2. The molecule has 0 bridgehead atoms. The van der Waals surface area contributed by atoms with Gasteiger partial charge in [0.1, 0.15) is 12.4 Å². The lowest BCUT2D eigenvalue weighted by molar-refractivity contribution is 0.302. The molecular weight excluding hydrogens is 428 g/mol. The monoisotopic (exact) mass is 456 g/mol. The summed E-state index contributed by atoms with van der Waals surface area (Å²) < 4.78 is 10.9. The predicted octanol–water partition coefficient (Wildman–Crippen LogP) is 3.80. The number of aromatic nitrogens is 6. The van der Waals surface area contributed by atoms with Crippen LogP contribution in [0.5, 0.6) is 5.75 Å². The van der Waals surface area contributed by atoms with Crippen molar-refractivity contribution in [1.29, 1.82) is 0 Å². The number of nitrogens with zero attached hydrogens (tertiary/aromatic N) is 6. The molecule has 0 spiro atoms. The summed E-state index contributed by atoms with van der Waals surface area (Å²) in [4.78, 5) is 12.5. The van der Waals surface area contributed by atoms with Crippen LogP contribution in [-0.2, 0) is 26.5 Å². The molecule has 8 heteroatoms. The van der Waals surface area contributed by atoms with Crippen LogP contribution >= 0.6 is 0 Å². The van der Waals surface area contributed by atoms with Crippen molar-refractivity contribution in [2.45, 2.75) is 58.0 Å². The summed E-state index contributed by atoms with van der Waals surface area (Å²) in [6.07, 6.45) is 9.14. The second-order valence-corrected chi connectivity index (χ2v) is 9.41. The molecule has 8 nitrogen and oxygen atoms in total. The van der Waals surface area contributed by atoms with E-state index >= 15 is 0 Å². The Hall–Kier alpha value is -3.68. The first-order chi connectivity index (χ1) is 16.6. The van der Waals surface area contributed by atoms with Gasteiger partial charge in [0, 0.05) is 18.8 Å². The molecule has 34 heavy (non-hydrogen) atoms. The van der Waals surface area contributed by atoms with Gasteiger partial charge in [0.05, 0.1) is 17.1 Å². The number of hydrogen-bond donors (Lipinski definition) is 0. The van der Waals surface area contributed by atoms with E-state index in [2.05, 4.69) is 41.7 Å². The number of benzene rings is 2. The van der Waals surface area contributed by atoms with Crippen molar-refractivity contribution in [3.8, 4) is 17.1 Å². The Morgan fingerprint density at radius 3 is 2.68 bits per heavy atom. The van der Waals surface area contributed by atoms with E-state index in [1.165, 1.54) is 39.0 Å². The number of aryl methyl sites for hydroxylation is 4. The number of ether oxygens (including phenoxy) is 1. The summed E-state index contributed by atoms with van der Waals surface area (Å²) in [7, 11) is 1.60. The zero-order valence-electron chi connectivity index (χ0n) is 19.6. The van der Waals surface area contributed by atoms with Crippen molar-refractivity contribution < 1.29 is 4.74 Å². The predicted molar refractivity (Wildman–Crippen MR) is 128 cm³/mol. The third kappa shape index (κ3) is 3.73. The molecule has 2 aromatic carbocycles. The Balaban J connectivity index is 1.29. The molecule has 0 saturated heterocycles. The third-order valence-electron chi connectivity index (χ3n) is 6.94. The molecule has 2 heterocycles. The lowest BCUT2D eigenvalue weighted by atomic mass is 9.99. The molecule has 4 aromatic rings. The molecule has 2 aromatic heterocycles. The molecule has 174 valence electrons. The summed E-state index contributed by atoms with van der Waals surface area (Å²) in [5.41, 5.74) is 7.38. The lowest BCUT2D eigenvalue weighted by Crippen LogP contribution is -2.23. The molecule has 0 atom stereocenters. The standard InChI is InChI=1S/C26H28N6O2/c1-17-14-20(31-15-19-6-3-4-8-23(19)27-31)12-13-25(17)34-16-22-21(18-10-11-18)7-5-9-24(22)32-26(33)30(2)28-29-32/h5,7,9,12-15,18H,3-4,6,8,10-11,16H2,1-2H3. The van der Waals surface area contributed by atoms with Gasteiger partial charge in [0.2, 0.25) is 0 Å². The van der Waals surface area contributed by atoms with Crippen LogP contribution in [0.2, 0.25) is 0 Å². The quantitative estimate of drug-likeness (QED) is 0.441. The fourth-order valence-electron chi connectivity index (χ4n) is 4.88. The second kappa shape index (κ2) is 8.27. The Kier molecular flexibility index (Phi) is 5.08. The number of rotatable bonds is 6. The Morgan fingerprint density at radius 1 is 1.09 bits per heavy atom. The van der Waals surface area contributed by atoms with E-state index in [0.717, 1.165) is 53.9 Å². The zero-order chi connectivity index (χ0) is 23.2. The van der Waals surface area contributed by atoms with Gasteiger partial charge in [-0.2, -0.15) is 14.5 Å². The fraction of sp³-hybridized carbons (Fsp3) is 0.385. The first-order valence-corrected chi connectivity index (χ1v) is 12.0. The SMILES string of the molecule is Cc1cc(-n2cc3c(n2)CCCC3)ccc1OCc1c(C2CC2)cccc1-n1nnn(C)c1=O. The molecule has 0 aliphatic heterocycles. The average Bonchev–Trinajstić information content (AvgIpc) is 3.52. The maximum absolute atomic E-state index is 12.5. The van der Waals surface area contributed by atoms with Crippen LogP contribution in [-0.4, -0.2) is 29.6 Å². The van der Waals surface area contributed by atoms with Crippen LogP contribution in [0.4, 0.5) is 0 Å². The van der Waals surface area contributed by atoms with E-state index in [-0.39, 0.29) is 5.69 Å². The van der Waals surface area contributed by atoms with Crippen LogP contribution < -0.4 is 10.4 Å². The van der Waals surface area contributed by atoms with Crippen molar-refractivity contribution in [2.24, 2.45) is 7.05 Å². The highest BCUT2D eigenvalue weighted by atomic mass is 16.5. The normalized spacial score (nSPS) is 15.4. The molecule has 2 aliphatic carbocycles. The molecule has 0 unspecified atom stereocenters. The highest BCUT2D eigenvalue weighted by Gasteiger charge is 2.28. The Bertz CT molecular complexity index is 1400. The maximum Gasteiger partial charge on any atom is 0.368 e. The van der Waals surface area contributed by atoms with Gasteiger partial charge in [-0.1, -0.05) is 12.1 Å². The Morgan fingerprint density at radius 2 is 1.94 bits per heavy atom. The van der Waals surface area contributed by atoms with E-state index in [1.54, 1.807) is 7.05 Å². The topological polar surface area (TPSA) is 79.8 Å². The Labute approximate surface area is 197 Å². The third-order valence-corrected chi connectivity index (χ3v) is 6.94. The van der Waals surface area contributed by atoms with Gasteiger partial charge in [0.15, 0.2) is 0 Å². The van der Waals surface area contributed by atoms with E-state index in [9.17, 15) is 4.79 Å². The molecule has 1 fully saturated rings. The summed E-state index contributed by atoms with van der Waals surface area (Å²) in [5.74, 6) is 1.34.